The second kappa shape index (κ2) is 7.93. The second-order valence-corrected chi connectivity index (χ2v) is 6.76. The van der Waals surface area contributed by atoms with Gasteiger partial charge in [0.2, 0.25) is 11.0 Å². The van der Waals surface area contributed by atoms with Gasteiger partial charge >= 0.3 is 0 Å². The van der Waals surface area contributed by atoms with Crippen LogP contribution in [0.4, 0.5) is 5.69 Å². The lowest BCUT2D eigenvalue weighted by Gasteiger charge is -2.20. The number of ether oxygens (including phenoxy) is 3. The van der Waals surface area contributed by atoms with Crippen molar-refractivity contribution in [2.24, 2.45) is 0 Å². The Bertz CT molecular complexity index is 999. The smallest absolute Gasteiger partial charge is 0.247 e. The van der Waals surface area contributed by atoms with Crippen molar-refractivity contribution in [3.8, 4) is 28.6 Å². The molecule has 3 aromatic rings. The topological polar surface area (TPSA) is 78.4 Å². The summed E-state index contributed by atoms with van der Waals surface area (Å²) in [5.41, 5.74) is 3.29. The molecule has 0 amide bonds. The number of nitrogens with one attached hydrogen (secondary N) is 1. The molecule has 0 fully saturated rings. The number of rotatable bonds is 5. The number of nitrogens with zero attached hydrogens (tertiary/aromatic N) is 3. The summed E-state index contributed by atoms with van der Waals surface area (Å²) < 4.78 is 17.3. The highest BCUT2D eigenvalue weighted by Crippen LogP contribution is 2.40. The van der Waals surface area contributed by atoms with Crippen LogP contribution < -0.4 is 19.5 Å². The lowest BCUT2D eigenvalue weighted by Crippen LogP contribution is -2.17. The van der Waals surface area contributed by atoms with Gasteiger partial charge in [0.25, 0.3) is 0 Å². The zero-order valence-corrected chi connectivity index (χ0v) is 16.6. The number of benzene rings is 2. The van der Waals surface area contributed by atoms with Crippen LogP contribution in [0.25, 0.3) is 11.3 Å². The van der Waals surface area contributed by atoms with Crippen LogP contribution in [0, 0.1) is 0 Å². The fourth-order valence-electron chi connectivity index (χ4n) is 3.01. The maximum Gasteiger partial charge on any atom is 0.247 e. The van der Waals surface area contributed by atoms with E-state index < -0.39 is 6.23 Å². The first-order valence-corrected chi connectivity index (χ1v) is 10.1. The molecule has 7 nitrogen and oxygen atoms in total. The maximum absolute atomic E-state index is 6.24. The molecule has 2 heterocycles. The Balaban J connectivity index is 1.80. The minimum atomic E-state index is -0.473. The fraction of sp³-hybridized carbons (Fsp3) is 0.250. The van der Waals surface area contributed by atoms with Gasteiger partial charge in [0, 0.05) is 16.8 Å². The molecular formula is C20H20N4O3S. The molecule has 0 unspecified atom stereocenters. The number of hydrogen-bond acceptors (Lipinski definition) is 8. The second-order valence-electron chi connectivity index (χ2n) is 5.98. The first kappa shape index (κ1) is 18.4. The van der Waals surface area contributed by atoms with Crippen LogP contribution in [-0.2, 0) is 0 Å². The first-order chi connectivity index (χ1) is 13.7. The molecule has 28 heavy (non-hydrogen) atoms. The van der Waals surface area contributed by atoms with E-state index >= 15 is 0 Å². The van der Waals surface area contributed by atoms with Crippen molar-refractivity contribution in [3.05, 3.63) is 48.0 Å². The van der Waals surface area contributed by atoms with E-state index in [1.54, 1.807) is 7.11 Å². The van der Waals surface area contributed by atoms with Crippen molar-refractivity contribution in [1.29, 1.82) is 0 Å². The lowest BCUT2D eigenvalue weighted by molar-refractivity contribution is 0.224. The lowest BCUT2D eigenvalue weighted by atomic mass is 10.1. The molecule has 0 spiro atoms. The van der Waals surface area contributed by atoms with Crippen molar-refractivity contribution < 1.29 is 14.2 Å². The molecule has 1 aliphatic heterocycles. The van der Waals surface area contributed by atoms with Gasteiger partial charge in [-0.1, -0.05) is 30.0 Å². The molecule has 0 saturated heterocycles. The molecule has 2 aromatic carbocycles. The minimum absolute atomic E-state index is 0.440. The van der Waals surface area contributed by atoms with Gasteiger partial charge in [-0.2, -0.15) is 4.98 Å². The first-order valence-electron chi connectivity index (χ1n) is 8.85. The number of methoxy groups -OCH3 is 1. The van der Waals surface area contributed by atoms with Gasteiger partial charge in [-0.3, -0.25) is 0 Å². The molecule has 0 bridgehead atoms. The van der Waals surface area contributed by atoms with Crippen molar-refractivity contribution >= 4 is 17.4 Å². The number of fused-ring (bicyclic) bond motifs is 3. The summed E-state index contributed by atoms with van der Waals surface area (Å²) in [5.74, 6) is 1.78. The van der Waals surface area contributed by atoms with Gasteiger partial charge in [0.05, 0.1) is 13.7 Å². The van der Waals surface area contributed by atoms with Crippen LogP contribution in [0.15, 0.2) is 47.6 Å². The van der Waals surface area contributed by atoms with E-state index in [2.05, 4.69) is 20.5 Å². The molecule has 0 aliphatic carbocycles. The number of hydrogen-bond donors (Lipinski definition) is 1. The van der Waals surface area contributed by atoms with Crippen molar-refractivity contribution in [1.82, 2.24) is 15.2 Å². The summed E-state index contributed by atoms with van der Waals surface area (Å²) in [6.07, 6.45) is 1.43. The Morgan fingerprint density at radius 2 is 2.00 bits per heavy atom. The molecule has 1 atom stereocenters. The van der Waals surface area contributed by atoms with Crippen LogP contribution in [0.3, 0.4) is 0 Å². The summed E-state index contributed by atoms with van der Waals surface area (Å²) in [5, 5.41) is 12.5. The Morgan fingerprint density at radius 3 is 2.79 bits per heavy atom. The number of aromatic nitrogens is 3. The van der Waals surface area contributed by atoms with E-state index in [4.69, 9.17) is 14.2 Å². The van der Waals surface area contributed by atoms with E-state index in [9.17, 15) is 0 Å². The van der Waals surface area contributed by atoms with Gasteiger partial charge in [-0.15, -0.1) is 10.2 Å². The summed E-state index contributed by atoms with van der Waals surface area (Å²) >= 11 is 1.42. The summed E-state index contributed by atoms with van der Waals surface area (Å²) in [6.45, 7) is 2.48. The zero-order chi connectivity index (χ0) is 19.5. The predicted molar refractivity (Wildman–Crippen MR) is 108 cm³/mol. The standard InChI is InChI=1S/C20H20N4O3S/c1-4-26-16-11-12(9-10-15(16)25-2)18-21-14-8-6-5-7-13(14)17-19(27-18)22-20(28-3)24-23-17/h5-11,18,21H,4H2,1-3H3/t18-/m1/s1. The van der Waals surface area contributed by atoms with Crippen LogP contribution in [-0.4, -0.2) is 35.2 Å². The molecule has 1 aromatic heterocycles. The third kappa shape index (κ3) is 3.43. The maximum atomic E-state index is 6.24. The van der Waals surface area contributed by atoms with Crippen molar-refractivity contribution in [2.75, 3.05) is 25.3 Å². The van der Waals surface area contributed by atoms with Gasteiger partial charge in [-0.05, 0) is 37.4 Å². The monoisotopic (exact) mass is 396 g/mol. The molecule has 144 valence electrons. The third-order valence-corrected chi connectivity index (χ3v) is 4.84. The zero-order valence-electron chi connectivity index (χ0n) is 15.8. The van der Waals surface area contributed by atoms with Gasteiger partial charge in [0.15, 0.2) is 23.4 Å². The largest absolute Gasteiger partial charge is 0.493 e. The SMILES string of the molecule is CCOc1cc([C@@H]2Nc3ccccc3-c3nnc(SC)nc3O2)ccc1OC. The van der Waals surface area contributed by atoms with E-state index in [0.717, 1.165) is 16.8 Å². The highest BCUT2D eigenvalue weighted by atomic mass is 32.2. The highest BCUT2D eigenvalue weighted by Gasteiger charge is 2.26. The Hall–Kier alpha value is -3.00. The van der Waals surface area contributed by atoms with E-state index in [-0.39, 0.29) is 0 Å². The van der Waals surface area contributed by atoms with Crippen molar-refractivity contribution in [3.63, 3.8) is 0 Å². The molecule has 0 saturated carbocycles. The summed E-state index contributed by atoms with van der Waals surface area (Å²) in [6, 6.07) is 13.6. The Kier molecular flexibility index (Phi) is 5.21. The Labute approximate surface area is 167 Å². The van der Waals surface area contributed by atoms with Gasteiger partial charge in [0.1, 0.15) is 0 Å². The van der Waals surface area contributed by atoms with E-state index in [1.807, 2.05) is 55.6 Å². The quantitative estimate of drug-likeness (QED) is 0.644. The van der Waals surface area contributed by atoms with Crippen LogP contribution in [0.2, 0.25) is 0 Å². The highest BCUT2D eigenvalue weighted by molar-refractivity contribution is 7.98. The normalized spacial score (nSPS) is 14.8. The molecule has 1 aliphatic rings. The number of anilines is 1. The van der Waals surface area contributed by atoms with Crippen LogP contribution >= 0.6 is 11.8 Å². The van der Waals surface area contributed by atoms with Crippen molar-refractivity contribution in [2.45, 2.75) is 18.3 Å². The van der Waals surface area contributed by atoms with E-state index in [1.165, 1.54) is 11.8 Å². The van der Waals surface area contributed by atoms with Gasteiger partial charge in [-0.25, -0.2) is 0 Å². The number of thioether (sulfide) groups is 1. The molecule has 8 heteroatoms. The minimum Gasteiger partial charge on any atom is -0.493 e. The molecule has 1 N–H and O–H groups in total. The van der Waals surface area contributed by atoms with Gasteiger partial charge < -0.3 is 19.5 Å². The predicted octanol–water partition coefficient (Wildman–Crippen LogP) is 4.17. The third-order valence-electron chi connectivity index (χ3n) is 4.31. The summed E-state index contributed by atoms with van der Waals surface area (Å²) in [7, 11) is 1.62. The summed E-state index contributed by atoms with van der Waals surface area (Å²) in [4.78, 5) is 4.53. The molecular weight excluding hydrogens is 376 g/mol. The average Bonchev–Trinajstić information content (AvgIpc) is 2.90. The number of para-hydroxylation sites is 1. The average molecular weight is 396 g/mol. The van der Waals surface area contributed by atoms with Crippen LogP contribution in [0.1, 0.15) is 18.7 Å². The van der Waals surface area contributed by atoms with Crippen LogP contribution in [0.5, 0.6) is 17.4 Å². The Morgan fingerprint density at radius 1 is 1.14 bits per heavy atom. The molecule has 0 radical (unpaired) electrons. The van der Waals surface area contributed by atoms with E-state index in [0.29, 0.717) is 34.8 Å². The molecule has 4 rings (SSSR count). The fourth-order valence-corrected chi connectivity index (χ4v) is 3.31.